The van der Waals surface area contributed by atoms with Gasteiger partial charge in [0.05, 0.1) is 13.2 Å². The molecule has 0 rings (SSSR count). The highest BCUT2D eigenvalue weighted by Crippen LogP contribution is 2.23. The molecular weight excluding hydrogens is 259 g/mol. The van der Waals surface area contributed by atoms with E-state index in [4.69, 9.17) is 9.76 Å². The topological polar surface area (TPSA) is 29.5 Å². The van der Waals surface area contributed by atoms with Crippen LogP contribution in [0, 0.1) is 0 Å². The summed E-state index contributed by atoms with van der Waals surface area (Å²) >= 11 is 0. The Morgan fingerprint density at radius 1 is 0.762 bits per heavy atom. The molecular formula is C18H38BO2. The molecule has 0 aromatic heterocycles. The van der Waals surface area contributed by atoms with E-state index >= 15 is 0 Å². The lowest BCUT2D eigenvalue weighted by molar-refractivity contribution is 0.203. The number of aliphatic hydroxyl groups is 1. The van der Waals surface area contributed by atoms with Gasteiger partial charge >= 0.3 is 0 Å². The summed E-state index contributed by atoms with van der Waals surface area (Å²) in [5.41, 5.74) is 0. The summed E-state index contributed by atoms with van der Waals surface area (Å²) in [6, 6.07) is 0. The van der Waals surface area contributed by atoms with Crippen molar-refractivity contribution >= 4 is 7.48 Å². The Kier molecular flexibility index (Phi) is 18.0. The van der Waals surface area contributed by atoms with Crippen molar-refractivity contribution in [2.45, 2.75) is 103 Å². The van der Waals surface area contributed by atoms with Crippen LogP contribution in [0.2, 0.25) is 5.82 Å². The summed E-state index contributed by atoms with van der Waals surface area (Å²) < 4.78 is 5.44. The highest BCUT2D eigenvalue weighted by molar-refractivity contribution is 6.29. The highest BCUT2D eigenvalue weighted by Gasteiger charge is 2.11. The summed E-state index contributed by atoms with van der Waals surface area (Å²) in [4.78, 5) is 0. The average molecular weight is 297 g/mol. The van der Waals surface area contributed by atoms with E-state index in [0.717, 1.165) is 0 Å². The van der Waals surface area contributed by atoms with Gasteiger partial charge in [0.15, 0.2) is 0 Å². The number of unbranched alkanes of at least 4 members (excludes halogenated alkanes) is 9. The molecule has 0 aromatic rings. The molecule has 3 heteroatoms. The van der Waals surface area contributed by atoms with E-state index in [2.05, 4.69) is 13.8 Å². The Labute approximate surface area is 134 Å². The molecule has 0 fully saturated rings. The van der Waals surface area contributed by atoms with Gasteiger partial charge in [0, 0.05) is 0 Å². The van der Waals surface area contributed by atoms with Gasteiger partial charge in [-0.3, -0.25) is 0 Å². The third kappa shape index (κ3) is 16.2. The van der Waals surface area contributed by atoms with E-state index < -0.39 is 0 Å². The predicted molar refractivity (Wildman–Crippen MR) is 93.9 cm³/mol. The van der Waals surface area contributed by atoms with E-state index in [1.165, 1.54) is 83.5 Å². The number of rotatable bonds is 17. The van der Waals surface area contributed by atoms with E-state index in [1.807, 2.05) is 7.48 Å². The SMILES string of the molecule is CCCCCCCCC([B]OCCO)CCCCCCC. The quantitative estimate of drug-likeness (QED) is 0.283. The van der Waals surface area contributed by atoms with Gasteiger partial charge < -0.3 is 9.76 Å². The van der Waals surface area contributed by atoms with Crippen LogP contribution in [0.25, 0.3) is 0 Å². The maximum absolute atomic E-state index is 8.80. The molecule has 125 valence electrons. The van der Waals surface area contributed by atoms with Crippen LogP contribution in [0.15, 0.2) is 0 Å². The van der Waals surface area contributed by atoms with E-state index in [1.54, 1.807) is 0 Å². The molecule has 0 bridgehead atoms. The van der Waals surface area contributed by atoms with Crippen molar-refractivity contribution in [2.75, 3.05) is 13.2 Å². The molecule has 0 saturated heterocycles. The minimum atomic E-state index is 0.122. The Hall–Kier alpha value is -0.0151. The minimum Gasteiger partial charge on any atom is -0.438 e. The zero-order valence-electron chi connectivity index (χ0n) is 14.6. The van der Waals surface area contributed by atoms with Gasteiger partial charge in [0.25, 0.3) is 7.48 Å². The van der Waals surface area contributed by atoms with Gasteiger partial charge in [0.1, 0.15) is 0 Å². The molecule has 0 aromatic carbocycles. The first-order valence-electron chi connectivity index (χ1n) is 9.40. The second-order valence-corrected chi connectivity index (χ2v) is 6.25. The normalized spacial score (nSPS) is 12.5. The van der Waals surface area contributed by atoms with Crippen molar-refractivity contribution in [3.8, 4) is 0 Å². The summed E-state index contributed by atoms with van der Waals surface area (Å²) in [7, 11) is 2.00. The summed E-state index contributed by atoms with van der Waals surface area (Å²) in [5, 5.41) is 8.80. The molecule has 0 spiro atoms. The molecule has 0 aliphatic carbocycles. The van der Waals surface area contributed by atoms with Gasteiger partial charge in [-0.05, 0) is 5.82 Å². The molecule has 2 nitrogen and oxygen atoms in total. The maximum Gasteiger partial charge on any atom is 0.295 e. The van der Waals surface area contributed by atoms with Crippen molar-refractivity contribution in [3.05, 3.63) is 0 Å². The fourth-order valence-corrected chi connectivity index (χ4v) is 2.73. The molecule has 0 heterocycles. The lowest BCUT2D eigenvalue weighted by atomic mass is 9.73. The molecule has 0 amide bonds. The third-order valence-electron chi connectivity index (χ3n) is 4.10. The molecule has 21 heavy (non-hydrogen) atoms. The van der Waals surface area contributed by atoms with Gasteiger partial charge in [0.2, 0.25) is 0 Å². The fourth-order valence-electron chi connectivity index (χ4n) is 2.73. The first kappa shape index (κ1) is 21.0. The smallest absolute Gasteiger partial charge is 0.295 e. The zero-order valence-corrected chi connectivity index (χ0v) is 14.6. The summed E-state index contributed by atoms with van der Waals surface area (Å²) in [6.45, 7) is 5.10. The van der Waals surface area contributed by atoms with Crippen LogP contribution in [0.3, 0.4) is 0 Å². The van der Waals surface area contributed by atoms with Crippen molar-refractivity contribution in [2.24, 2.45) is 0 Å². The molecule has 1 unspecified atom stereocenters. The zero-order chi connectivity index (χ0) is 15.6. The van der Waals surface area contributed by atoms with Crippen LogP contribution < -0.4 is 0 Å². The molecule has 1 N–H and O–H groups in total. The minimum absolute atomic E-state index is 0.122. The second-order valence-electron chi connectivity index (χ2n) is 6.25. The van der Waals surface area contributed by atoms with Crippen molar-refractivity contribution in [3.63, 3.8) is 0 Å². The van der Waals surface area contributed by atoms with Gasteiger partial charge in [-0.1, -0.05) is 97.3 Å². The number of hydrogen-bond acceptors (Lipinski definition) is 2. The van der Waals surface area contributed by atoms with Gasteiger partial charge in [-0.15, -0.1) is 0 Å². The molecule has 0 saturated carbocycles. The van der Waals surface area contributed by atoms with Crippen molar-refractivity contribution < 1.29 is 9.76 Å². The van der Waals surface area contributed by atoms with Crippen LogP contribution >= 0.6 is 0 Å². The van der Waals surface area contributed by atoms with Crippen molar-refractivity contribution in [1.82, 2.24) is 0 Å². The summed E-state index contributed by atoms with van der Waals surface area (Å²) in [6.07, 6.45) is 17.4. The molecule has 0 aliphatic rings. The lowest BCUT2D eigenvalue weighted by Crippen LogP contribution is -2.11. The number of hydrogen-bond donors (Lipinski definition) is 1. The predicted octanol–water partition coefficient (Wildman–Crippen LogP) is 5.51. The molecule has 1 atom stereocenters. The van der Waals surface area contributed by atoms with Crippen LogP contribution in [0.1, 0.15) is 97.3 Å². The number of aliphatic hydroxyl groups excluding tert-OH is 1. The Bertz CT molecular complexity index is 188. The largest absolute Gasteiger partial charge is 0.438 e. The summed E-state index contributed by atoms with van der Waals surface area (Å²) in [5.74, 6) is 0.587. The van der Waals surface area contributed by atoms with Crippen LogP contribution in [0.4, 0.5) is 0 Å². The first-order chi connectivity index (χ1) is 10.3. The fraction of sp³-hybridized carbons (Fsp3) is 1.00. The van der Waals surface area contributed by atoms with Crippen molar-refractivity contribution in [1.29, 1.82) is 0 Å². The van der Waals surface area contributed by atoms with E-state index in [0.29, 0.717) is 12.4 Å². The Morgan fingerprint density at radius 2 is 1.24 bits per heavy atom. The first-order valence-corrected chi connectivity index (χ1v) is 9.40. The van der Waals surface area contributed by atoms with Gasteiger partial charge in [-0.2, -0.15) is 0 Å². The van der Waals surface area contributed by atoms with Crippen LogP contribution in [-0.2, 0) is 4.65 Å². The average Bonchev–Trinajstić information content (AvgIpc) is 2.50. The molecule has 0 aliphatic heterocycles. The third-order valence-corrected chi connectivity index (χ3v) is 4.10. The standard InChI is InChI=1S/C18H38BO2/c1-3-5-7-9-11-13-15-18(19-21-17-16-20)14-12-10-8-6-4-2/h18,20H,3-17H2,1-2H3. The van der Waals surface area contributed by atoms with E-state index in [9.17, 15) is 0 Å². The molecule has 1 radical (unpaired) electrons. The maximum atomic E-state index is 8.80. The highest BCUT2D eigenvalue weighted by atomic mass is 16.4. The monoisotopic (exact) mass is 297 g/mol. The van der Waals surface area contributed by atoms with Crippen LogP contribution in [-0.4, -0.2) is 25.8 Å². The Morgan fingerprint density at radius 3 is 1.71 bits per heavy atom. The second kappa shape index (κ2) is 18.0. The van der Waals surface area contributed by atoms with E-state index in [-0.39, 0.29) is 6.61 Å². The van der Waals surface area contributed by atoms with Gasteiger partial charge in [-0.25, -0.2) is 0 Å². The van der Waals surface area contributed by atoms with Crippen LogP contribution in [0.5, 0.6) is 0 Å². The lowest BCUT2D eigenvalue weighted by Gasteiger charge is -2.15. The Balaban J connectivity index is 3.64.